The summed E-state index contributed by atoms with van der Waals surface area (Å²) in [4.78, 5) is 37.8. The second-order valence-electron chi connectivity index (χ2n) is 17.8. The Kier molecular flexibility index (Phi) is 41.8. The van der Waals surface area contributed by atoms with Gasteiger partial charge in [-0.1, -0.05) is 234 Å². The Morgan fingerprint density at radius 2 is 0.679 bits per heavy atom. The first-order valence-corrected chi connectivity index (χ1v) is 24.8. The molecule has 0 saturated carbocycles. The van der Waals surface area contributed by atoms with Crippen molar-refractivity contribution in [3.63, 3.8) is 0 Å². The van der Waals surface area contributed by atoms with Crippen molar-refractivity contribution < 1.29 is 28.6 Å². The monoisotopic (exact) mass is 793 g/mol. The molecule has 0 aliphatic carbocycles. The van der Waals surface area contributed by atoms with Crippen LogP contribution in [-0.4, -0.2) is 37.2 Å². The van der Waals surface area contributed by atoms with E-state index in [1.54, 1.807) is 0 Å². The maximum absolute atomic E-state index is 12.7. The van der Waals surface area contributed by atoms with Crippen molar-refractivity contribution in [3.8, 4) is 0 Å². The molecule has 6 heteroatoms. The summed E-state index contributed by atoms with van der Waals surface area (Å²) in [6.07, 6.45) is 42.2. The zero-order valence-corrected chi connectivity index (χ0v) is 38.3. The largest absolute Gasteiger partial charge is 0.462 e. The topological polar surface area (TPSA) is 78.9 Å². The number of rotatable bonds is 44. The molecular formula is C50H96O6. The van der Waals surface area contributed by atoms with Crippen LogP contribution < -0.4 is 0 Å². The van der Waals surface area contributed by atoms with Gasteiger partial charge in [-0.15, -0.1) is 0 Å². The highest BCUT2D eigenvalue weighted by molar-refractivity contribution is 5.71. The molecule has 0 fully saturated rings. The fourth-order valence-corrected chi connectivity index (χ4v) is 7.43. The van der Waals surface area contributed by atoms with Crippen LogP contribution in [0.3, 0.4) is 0 Å². The van der Waals surface area contributed by atoms with Crippen molar-refractivity contribution in [1.82, 2.24) is 0 Å². The van der Waals surface area contributed by atoms with Crippen LogP contribution in [0.2, 0.25) is 0 Å². The summed E-state index contributed by atoms with van der Waals surface area (Å²) in [5, 5.41) is 0. The molecule has 0 spiro atoms. The molecule has 332 valence electrons. The van der Waals surface area contributed by atoms with Crippen molar-refractivity contribution >= 4 is 17.9 Å². The quantitative estimate of drug-likeness (QED) is 0.0347. The minimum Gasteiger partial charge on any atom is -0.462 e. The van der Waals surface area contributed by atoms with E-state index in [-0.39, 0.29) is 31.1 Å². The highest BCUT2D eigenvalue weighted by atomic mass is 16.6. The Balaban J connectivity index is 4.33. The molecule has 0 amide bonds. The van der Waals surface area contributed by atoms with Gasteiger partial charge in [0.2, 0.25) is 0 Å². The van der Waals surface area contributed by atoms with E-state index in [4.69, 9.17) is 14.2 Å². The molecule has 0 aromatic rings. The number of carbonyl (C=O) groups excluding carboxylic acids is 3. The van der Waals surface area contributed by atoms with Gasteiger partial charge in [0.15, 0.2) is 6.10 Å². The van der Waals surface area contributed by atoms with Crippen LogP contribution in [0, 0.1) is 11.8 Å². The first-order chi connectivity index (χ1) is 27.3. The number of esters is 3. The highest BCUT2D eigenvalue weighted by Gasteiger charge is 2.19. The van der Waals surface area contributed by atoms with Gasteiger partial charge in [-0.25, -0.2) is 0 Å². The number of carbonyl (C=O) groups is 3. The average Bonchev–Trinajstić information content (AvgIpc) is 3.18. The minimum absolute atomic E-state index is 0.0645. The molecule has 0 aromatic heterocycles. The van der Waals surface area contributed by atoms with Gasteiger partial charge in [0.1, 0.15) is 13.2 Å². The van der Waals surface area contributed by atoms with E-state index < -0.39 is 6.10 Å². The number of ether oxygens (including phenoxy) is 3. The van der Waals surface area contributed by atoms with E-state index in [2.05, 4.69) is 34.6 Å². The van der Waals surface area contributed by atoms with Crippen LogP contribution >= 0.6 is 0 Å². The third kappa shape index (κ3) is 42.0. The maximum atomic E-state index is 12.7. The zero-order chi connectivity index (χ0) is 41.2. The Bertz CT molecular complexity index is 856. The van der Waals surface area contributed by atoms with Gasteiger partial charge in [0.25, 0.3) is 0 Å². The first-order valence-electron chi connectivity index (χ1n) is 24.8. The Labute approximate surface area is 348 Å². The van der Waals surface area contributed by atoms with Gasteiger partial charge in [-0.2, -0.15) is 0 Å². The molecule has 0 heterocycles. The Morgan fingerprint density at radius 3 is 1.02 bits per heavy atom. The summed E-state index contributed by atoms with van der Waals surface area (Å²) in [5.41, 5.74) is 0. The summed E-state index contributed by atoms with van der Waals surface area (Å²) in [6.45, 7) is 11.3. The zero-order valence-electron chi connectivity index (χ0n) is 38.3. The van der Waals surface area contributed by atoms with Crippen LogP contribution in [0.5, 0.6) is 0 Å². The maximum Gasteiger partial charge on any atom is 0.306 e. The van der Waals surface area contributed by atoms with Crippen molar-refractivity contribution in [2.75, 3.05) is 13.2 Å². The lowest BCUT2D eigenvalue weighted by Crippen LogP contribution is -2.30. The number of hydrogen-bond acceptors (Lipinski definition) is 6. The molecule has 0 saturated heterocycles. The molecule has 0 rings (SSSR count). The Morgan fingerprint density at radius 1 is 0.375 bits per heavy atom. The lowest BCUT2D eigenvalue weighted by molar-refractivity contribution is -0.167. The highest BCUT2D eigenvalue weighted by Crippen LogP contribution is 2.17. The average molecular weight is 793 g/mol. The van der Waals surface area contributed by atoms with Gasteiger partial charge >= 0.3 is 17.9 Å². The van der Waals surface area contributed by atoms with E-state index in [0.717, 1.165) is 69.6 Å². The van der Waals surface area contributed by atoms with E-state index in [9.17, 15) is 14.4 Å². The van der Waals surface area contributed by atoms with Crippen molar-refractivity contribution in [2.24, 2.45) is 11.8 Å². The molecule has 0 N–H and O–H groups in total. The van der Waals surface area contributed by atoms with Crippen molar-refractivity contribution in [1.29, 1.82) is 0 Å². The second kappa shape index (κ2) is 43.0. The van der Waals surface area contributed by atoms with Gasteiger partial charge < -0.3 is 14.2 Å². The fourth-order valence-electron chi connectivity index (χ4n) is 7.43. The predicted octanol–water partition coefficient (Wildman–Crippen LogP) is 15.8. The summed E-state index contributed by atoms with van der Waals surface area (Å²) in [7, 11) is 0. The summed E-state index contributed by atoms with van der Waals surface area (Å²) in [6, 6.07) is 0. The van der Waals surface area contributed by atoms with Gasteiger partial charge in [-0.05, 0) is 31.1 Å². The van der Waals surface area contributed by atoms with E-state index in [1.807, 2.05) is 0 Å². The summed E-state index contributed by atoms with van der Waals surface area (Å²) in [5.74, 6) is 0.800. The second-order valence-corrected chi connectivity index (χ2v) is 17.8. The SMILES string of the molecule is CCCCCCCCCCCCCCCCC(=O)OC[C@@H](COC(=O)CCCCCCCCCCCC(C)C)OC(=O)CCCCCCCCCCC(C)CC. The van der Waals surface area contributed by atoms with E-state index in [1.165, 1.54) is 161 Å². The van der Waals surface area contributed by atoms with Gasteiger partial charge in [0, 0.05) is 19.3 Å². The van der Waals surface area contributed by atoms with Crippen molar-refractivity contribution in [3.05, 3.63) is 0 Å². The smallest absolute Gasteiger partial charge is 0.306 e. The van der Waals surface area contributed by atoms with E-state index in [0.29, 0.717) is 19.3 Å². The molecule has 0 aromatic carbocycles. The standard InChI is InChI=1S/C50H96O6/c1-6-8-9-10-11-12-13-14-15-16-19-25-30-35-40-48(51)54-43-47(56-50(53)42-37-32-27-22-21-24-29-34-39-46(5)7-2)44-55-49(52)41-36-31-26-20-17-18-23-28-33-38-45(3)4/h45-47H,6-44H2,1-5H3/t46?,47-/m0/s1. The molecule has 2 atom stereocenters. The third-order valence-corrected chi connectivity index (χ3v) is 11.6. The fraction of sp³-hybridized carbons (Fsp3) is 0.940. The predicted molar refractivity (Wildman–Crippen MR) is 238 cm³/mol. The normalized spacial score (nSPS) is 12.5. The lowest BCUT2D eigenvalue weighted by atomic mass is 9.99. The summed E-state index contributed by atoms with van der Waals surface area (Å²) < 4.78 is 16.8. The van der Waals surface area contributed by atoms with Crippen LogP contribution in [0.25, 0.3) is 0 Å². The Hall–Kier alpha value is -1.59. The molecule has 0 radical (unpaired) electrons. The van der Waals surface area contributed by atoms with Crippen LogP contribution in [0.15, 0.2) is 0 Å². The van der Waals surface area contributed by atoms with Crippen LogP contribution in [0.4, 0.5) is 0 Å². The third-order valence-electron chi connectivity index (χ3n) is 11.6. The molecule has 1 unspecified atom stereocenters. The minimum atomic E-state index is -0.761. The van der Waals surface area contributed by atoms with Gasteiger partial charge in [0.05, 0.1) is 0 Å². The molecule has 0 aliphatic rings. The molecule has 0 bridgehead atoms. The molecular weight excluding hydrogens is 697 g/mol. The van der Waals surface area contributed by atoms with Crippen molar-refractivity contribution in [2.45, 2.75) is 278 Å². The number of hydrogen-bond donors (Lipinski definition) is 0. The molecule has 56 heavy (non-hydrogen) atoms. The van der Waals surface area contributed by atoms with E-state index >= 15 is 0 Å². The summed E-state index contributed by atoms with van der Waals surface area (Å²) >= 11 is 0. The number of unbranched alkanes of at least 4 members (excludes halogenated alkanes) is 28. The van der Waals surface area contributed by atoms with Crippen LogP contribution in [-0.2, 0) is 28.6 Å². The molecule has 6 nitrogen and oxygen atoms in total. The first kappa shape index (κ1) is 54.4. The van der Waals surface area contributed by atoms with Gasteiger partial charge in [-0.3, -0.25) is 14.4 Å². The van der Waals surface area contributed by atoms with Crippen LogP contribution in [0.1, 0.15) is 272 Å². The lowest BCUT2D eigenvalue weighted by Gasteiger charge is -2.18. The molecule has 0 aliphatic heterocycles.